The first-order valence-corrected chi connectivity index (χ1v) is 6.90. The summed E-state index contributed by atoms with van der Waals surface area (Å²) in [4.78, 5) is 13.4. The van der Waals surface area contributed by atoms with Gasteiger partial charge in [-0.1, -0.05) is 60.7 Å². The Bertz CT molecular complexity index is 684. The van der Waals surface area contributed by atoms with Crippen molar-refractivity contribution in [1.29, 1.82) is 0 Å². The van der Waals surface area contributed by atoms with Crippen molar-refractivity contribution in [2.75, 3.05) is 0 Å². The average Bonchev–Trinajstić information content (AvgIpc) is 2.93. The molecule has 92 valence electrons. The van der Waals surface area contributed by atoms with E-state index in [1.54, 1.807) is 11.3 Å². The fourth-order valence-electron chi connectivity index (χ4n) is 2.05. The van der Waals surface area contributed by atoms with Crippen LogP contribution >= 0.6 is 11.3 Å². The number of hydrogen-bond acceptors (Lipinski definition) is 2. The van der Waals surface area contributed by atoms with E-state index in [0.717, 1.165) is 32.7 Å². The molecule has 1 heterocycles. The third kappa shape index (κ3) is 2.35. The molecule has 0 aliphatic carbocycles. The monoisotopic (exact) mass is 264 g/mol. The van der Waals surface area contributed by atoms with E-state index in [1.165, 1.54) is 0 Å². The Hall–Kier alpha value is -2.19. The summed E-state index contributed by atoms with van der Waals surface area (Å²) >= 11 is 1.66. The molecule has 0 fully saturated rings. The number of carbonyl (C=O) groups is 1. The zero-order chi connectivity index (χ0) is 13.1. The number of benzene rings is 2. The number of rotatable bonds is 3. The highest BCUT2D eigenvalue weighted by Gasteiger charge is 2.11. The van der Waals surface area contributed by atoms with Gasteiger partial charge in [-0.25, -0.2) is 0 Å². The van der Waals surface area contributed by atoms with Crippen LogP contribution in [0, 0.1) is 0 Å². The lowest BCUT2D eigenvalue weighted by atomic mass is 10.1. The minimum absolute atomic E-state index is 0.759. The quantitative estimate of drug-likeness (QED) is 0.615. The van der Waals surface area contributed by atoms with E-state index < -0.39 is 0 Å². The maximum atomic E-state index is 11.3. The first-order chi connectivity index (χ1) is 9.38. The van der Waals surface area contributed by atoms with E-state index in [0.29, 0.717) is 0 Å². The Balaban J connectivity index is 2.12. The summed E-state index contributed by atoms with van der Waals surface area (Å²) in [5, 5.41) is 0. The Kier molecular flexibility index (Phi) is 3.25. The molecular weight excluding hydrogens is 252 g/mol. The van der Waals surface area contributed by atoms with Crippen LogP contribution in [-0.2, 0) is 0 Å². The third-order valence-electron chi connectivity index (χ3n) is 2.98. The van der Waals surface area contributed by atoms with Gasteiger partial charge < -0.3 is 0 Å². The lowest BCUT2D eigenvalue weighted by molar-refractivity contribution is 0.112. The van der Waals surface area contributed by atoms with E-state index in [-0.39, 0.29) is 0 Å². The van der Waals surface area contributed by atoms with Crippen molar-refractivity contribution >= 4 is 17.6 Å². The maximum Gasteiger partial charge on any atom is 0.151 e. The molecule has 3 rings (SSSR count). The molecule has 0 amide bonds. The number of carbonyl (C=O) groups excluding carboxylic acids is 1. The molecule has 2 heteroatoms. The lowest BCUT2D eigenvalue weighted by Crippen LogP contribution is -1.78. The second kappa shape index (κ2) is 5.21. The molecule has 0 unspecified atom stereocenters. The summed E-state index contributed by atoms with van der Waals surface area (Å²) in [5.41, 5.74) is 3.00. The standard InChI is InChI=1S/C17H12OS/c18-12-15-11-16(13-7-3-1-4-8-13)19-17(15)14-9-5-2-6-10-14/h1-12H. The van der Waals surface area contributed by atoms with Gasteiger partial charge in [-0.15, -0.1) is 11.3 Å². The van der Waals surface area contributed by atoms with E-state index >= 15 is 0 Å². The fourth-order valence-corrected chi connectivity index (χ4v) is 3.19. The average molecular weight is 264 g/mol. The molecule has 1 aromatic heterocycles. The Morgan fingerprint density at radius 2 is 1.37 bits per heavy atom. The Morgan fingerprint density at radius 3 is 1.95 bits per heavy atom. The largest absolute Gasteiger partial charge is 0.298 e. The van der Waals surface area contributed by atoms with Gasteiger partial charge in [-0.3, -0.25) is 4.79 Å². The van der Waals surface area contributed by atoms with Gasteiger partial charge in [0.05, 0.1) is 0 Å². The highest BCUT2D eigenvalue weighted by Crippen LogP contribution is 2.37. The van der Waals surface area contributed by atoms with Crippen molar-refractivity contribution < 1.29 is 4.79 Å². The first-order valence-electron chi connectivity index (χ1n) is 6.08. The number of hydrogen-bond donors (Lipinski definition) is 0. The normalized spacial score (nSPS) is 10.3. The first kappa shape index (κ1) is 11.9. The van der Waals surface area contributed by atoms with Crippen molar-refractivity contribution in [2.45, 2.75) is 0 Å². The minimum atomic E-state index is 0.759. The van der Waals surface area contributed by atoms with Crippen LogP contribution in [-0.4, -0.2) is 6.29 Å². The molecule has 0 saturated carbocycles. The van der Waals surface area contributed by atoms with Gasteiger partial charge in [-0.2, -0.15) is 0 Å². The summed E-state index contributed by atoms with van der Waals surface area (Å²) in [6, 6.07) is 22.2. The second-order valence-electron chi connectivity index (χ2n) is 4.25. The SMILES string of the molecule is O=Cc1cc(-c2ccccc2)sc1-c1ccccc1. The Morgan fingerprint density at radius 1 is 0.789 bits per heavy atom. The summed E-state index contributed by atoms with van der Waals surface area (Å²) in [7, 11) is 0. The van der Waals surface area contributed by atoms with E-state index in [9.17, 15) is 4.79 Å². The molecule has 0 bridgehead atoms. The molecule has 3 aromatic rings. The van der Waals surface area contributed by atoms with Gasteiger partial charge in [0.15, 0.2) is 6.29 Å². The van der Waals surface area contributed by atoms with Gasteiger partial charge in [-0.05, 0) is 17.2 Å². The molecule has 0 aliphatic rings. The van der Waals surface area contributed by atoms with Crippen LogP contribution in [0.15, 0.2) is 66.7 Å². The topological polar surface area (TPSA) is 17.1 Å². The molecule has 0 radical (unpaired) electrons. The summed E-state index contributed by atoms with van der Waals surface area (Å²) in [6.45, 7) is 0. The van der Waals surface area contributed by atoms with E-state index in [1.807, 2.05) is 54.6 Å². The zero-order valence-electron chi connectivity index (χ0n) is 10.2. The summed E-state index contributed by atoms with van der Waals surface area (Å²) in [5.74, 6) is 0. The van der Waals surface area contributed by atoms with Gasteiger partial charge in [0.2, 0.25) is 0 Å². The molecule has 19 heavy (non-hydrogen) atoms. The molecule has 1 nitrogen and oxygen atoms in total. The highest BCUT2D eigenvalue weighted by atomic mass is 32.1. The van der Waals surface area contributed by atoms with Gasteiger partial charge in [0, 0.05) is 15.3 Å². The third-order valence-corrected chi connectivity index (χ3v) is 4.23. The summed E-state index contributed by atoms with van der Waals surface area (Å²) < 4.78 is 0. The second-order valence-corrected chi connectivity index (χ2v) is 5.30. The maximum absolute atomic E-state index is 11.3. The van der Waals surface area contributed by atoms with Crippen LogP contribution in [0.3, 0.4) is 0 Å². The smallest absolute Gasteiger partial charge is 0.151 e. The summed E-state index contributed by atoms with van der Waals surface area (Å²) in [6.07, 6.45) is 0.936. The van der Waals surface area contributed by atoms with Crippen molar-refractivity contribution in [3.63, 3.8) is 0 Å². The van der Waals surface area contributed by atoms with Crippen molar-refractivity contribution in [1.82, 2.24) is 0 Å². The van der Waals surface area contributed by atoms with Gasteiger partial charge in [0.25, 0.3) is 0 Å². The molecule has 0 atom stereocenters. The molecule has 0 aliphatic heterocycles. The van der Waals surface area contributed by atoms with Crippen molar-refractivity contribution in [3.8, 4) is 20.9 Å². The zero-order valence-corrected chi connectivity index (χ0v) is 11.1. The number of thiophene rings is 1. The van der Waals surface area contributed by atoms with Gasteiger partial charge >= 0.3 is 0 Å². The lowest BCUT2D eigenvalue weighted by Gasteiger charge is -1.97. The molecule has 0 N–H and O–H groups in total. The molecule has 2 aromatic carbocycles. The fraction of sp³-hybridized carbons (Fsp3) is 0. The predicted octanol–water partition coefficient (Wildman–Crippen LogP) is 4.89. The van der Waals surface area contributed by atoms with Crippen LogP contribution in [0.2, 0.25) is 0 Å². The van der Waals surface area contributed by atoms with Crippen LogP contribution in [0.1, 0.15) is 10.4 Å². The van der Waals surface area contributed by atoms with Crippen molar-refractivity contribution in [3.05, 3.63) is 72.3 Å². The van der Waals surface area contributed by atoms with Crippen LogP contribution in [0.5, 0.6) is 0 Å². The van der Waals surface area contributed by atoms with Crippen LogP contribution in [0.25, 0.3) is 20.9 Å². The molecule has 0 spiro atoms. The molecule has 0 saturated heterocycles. The van der Waals surface area contributed by atoms with E-state index in [4.69, 9.17) is 0 Å². The predicted molar refractivity (Wildman–Crippen MR) is 80.6 cm³/mol. The van der Waals surface area contributed by atoms with Gasteiger partial charge in [0.1, 0.15) is 0 Å². The van der Waals surface area contributed by atoms with Crippen LogP contribution < -0.4 is 0 Å². The Labute approximate surface area is 116 Å². The van der Waals surface area contributed by atoms with Crippen LogP contribution in [0.4, 0.5) is 0 Å². The van der Waals surface area contributed by atoms with Crippen molar-refractivity contribution in [2.24, 2.45) is 0 Å². The molecular formula is C17H12OS. The number of aldehydes is 1. The highest BCUT2D eigenvalue weighted by molar-refractivity contribution is 7.19. The minimum Gasteiger partial charge on any atom is -0.298 e. The van der Waals surface area contributed by atoms with E-state index in [2.05, 4.69) is 12.1 Å².